The maximum atomic E-state index is 12.3. The summed E-state index contributed by atoms with van der Waals surface area (Å²) in [6, 6.07) is 17.4. The van der Waals surface area contributed by atoms with Crippen molar-refractivity contribution in [2.75, 3.05) is 11.1 Å². The summed E-state index contributed by atoms with van der Waals surface area (Å²) >= 11 is 1.33. The Morgan fingerprint density at radius 1 is 1.00 bits per heavy atom. The fourth-order valence-electron chi connectivity index (χ4n) is 2.27. The summed E-state index contributed by atoms with van der Waals surface area (Å²) in [4.78, 5) is 24.3. The van der Waals surface area contributed by atoms with Crippen molar-refractivity contribution >= 4 is 29.3 Å². The average Bonchev–Trinajstić information content (AvgIpc) is 2.62. The number of carbonyl (C=O) groups is 2. The van der Waals surface area contributed by atoms with Crippen LogP contribution in [0.2, 0.25) is 0 Å². The normalized spacial score (nSPS) is 12.9. The highest BCUT2D eigenvalue weighted by molar-refractivity contribution is 8.01. The Hall–Kier alpha value is -2.27. The molecule has 2 atom stereocenters. The van der Waals surface area contributed by atoms with E-state index in [0.717, 1.165) is 16.8 Å². The van der Waals surface area contributed by atoms with Crippen molar-refractivity contribution in [2.45, 2.75) is 32.1 Å². The molecular weight excluding hydrogens is 332 g/mol. The van der Waals surface area contributed by atoms with Crippen LogP contribution in [0.3, 0.4) is 0 Å². The SMILES string of the molecule is Cc1ccc(NC(=O)CSC(C)C(=O)NC(C)c2ccccc2)cc1. The van der Waals surface area contributed by atoms with Crippen LogP contribution in [0.15, 0.2) is 54.6 Å². The van der Waals surface area contributed by atoms with Gasteiger partial charge in [0.05, 0.1) is 17.0 Å². The Bertz CT molecular complexity index is 701. The molecule has 2 aromatic carbocycles. The molecule has 0 aliphatic rings. The maximum absolute atomic E-state index is 12.3. The van der Waals surface area contributed by atoms with Gasteiger partial charge < -0.3 is 10.6 Å². The van der Waals surface area contributed by atoms with Crippen LogP contribution in [0.1, 0.15) is 31.0 Å². The summed E-state index contributed by atoms with van der Waals surface area (Å²) in [7, 11) is 0. The first-order valence-electron chi connectivity index (χ1n) is 8.29. The molecule has 0 aliphatic heterocycles. The van der Waals surface area contributed by atoms with Gasteiger partial charge in [-0.1, -0.05) is 48.0 Å². The number of rotatable bonds is 7. The first-order valence-corrected chi connectivity index (χ1v) is 9.34. The van der Waals surface area contributed by atoms with Gasteiger partial charge in [-0.15, -0.1) is 11.8 Å². The molecule has 0 saturated carbocycles. The van der Waals surface area contributed by atoms with Crippen molar-refractivity contribution in [1.82, 2.24) is 5.32 Å². The molecule has 2 aromatic rings. The lowest BCUT2D eigenvalue weighted by molar-refractivity contribution is -0.120. The second-order valence-electron chi connectivity index (χ2n) is 6.01. The Morgan fingerprint density at radius 3 is 2.28 bits per heavy atom. The number of nitrogens with one attached hydrogen (secondary N) is 2. The van der Waals surface area contributed by atoms with E-state index in [1.54, 1.807) is 0 Å². The van der Waals surface area contributed by atoms with E-state index in [1.807, 2.05) is 75.4 Å². The third-order valence-electron chi connectivity index (χ3n) is 3.83. The molecule has 0 aliphatic carbocycles. The molecule has 0 aromatic heterocycles. The lowest BCUT2D eigenvalue weighted by Gasteiger charge is -2.17. The molecule has 2 rings (SSSR count). The zero-order valence-electron chi connectivity index (χ0n) is 14.8. The van der Waals surface area contributed by atoms with Gasteiger partial charge in [0.15, 0.2) is 0 Å². The van der Waals surface area contributed by atoms with Gasteiger partial charge in [-0.25, -0.2) is 0 Å². The number of anilines is 1. The van der Waals surface area contributed by atoms with Crippen LogP contribution in [0.4, 0.5) is 5.69 Å². The van der Waals surface area contributed by atoms with Gasteiger partial charge in [0.25, 0.3) is 0 Å². The van der Waals surface area contributed by atoms with E-state index in [0.29, 0.717) is 0 Å². The molecule has 2 N–H and O–H groups in total. The summed E-state index contributed by atoms with van der Waals surface area (Å²) in [6.45, 7) is 5.77. The maximum Gasteiger partial charge on any atom is 0.234 e. The number of aryl methyl sites for hydroxylation is 1. The number of hydrogen-bond acceptors (Lipinski definition) is 3. The fraction of sp³-hybridized carbons (Fsp3) is 0.300. The minimum Gasteiger partial charge on any atom is -0.349 e. The van der Waals surface area contributed by atoms with Gasteiger partial charge in [0.1, 0.15) is 0 Å². The van der Waals surface area contributed by atoms with E-state index < -0.39 is 0 Å². The minimum absolute atomic E-state index is 0.0573. The second-order valence-corrected chi connectivity index (χ2v) is 7.34. The monoisotopic (exact) mass is 356 g/mol. The molecule has 25 heavy (non-hydrogen) atoms. The zero-order valence-corrected chi connectivity index (χ0v) is 15.6. The predicted molar refractivity (Wildman–Crippen MR) is 105 cm³/mol. The fourth-order valence-corrected chi connectivity index (χ4v) is 2.96. The van der Waals surface area contributed by atoms with E-state index in [4.69, 9.17) is 0 Å². The van der Waals surface area contributed by atoms with Crippen LogP contribution in [-0.4, -0.2) is 22.8 Å². The number of hydrogen-bond donors (Lipinski definition) is 2. The summed E-state index contributed by atoms with van der Waals surface area (Å²) in [5.74, 6) is 0.0661. The van der Waals surface area contributed by atoms with E-state index in [1.165, 1.54) is 11.8 Å². The Labute approximate surface area is 153 Å². The Balaban J connectivity index is 1.76. The molecule has 0 radical (unpaired) electrons. The number of benzene rings is 2. The van der Waals surface area contributed by atoms with Crippen molar-refractivity contribution in [3.8, 4) is 0 Å². The molecule has 2 unspecified atom stereocenters. The topological polar surface area (TPSA) is 58.2 Å². The van der Waals surface area contributed by atoms with Crippen molar-refractivity contribution in [2.24, 2.45) is 0 Å². The number of amides is 2. The van der Waals surface area contributed by atoms with Gasteiger partial charge >= 0.3 is 0 Å². The van der Waals surface area contributed by atoms with Gasteiger partial charge in [0.2, 0.25) is 11.8 Å². The van der Waals surface area contributed by atoms with Gasteiger partial charge in [-0.05, 0) is 38.5 Å². The van der Waals surface area contributed by atoms with E-state index in [-0.39, 0.29) is 28.9 Å². The molecule has 132 valence electrons. The number of thioether (sulfide) groups is 1. The van der Waals surface area contributed by atoms with Crippen LogP contribution in [-0.2, 0) is 9.59 Å². The van der Waals surface area contributed by atoms with Crippen LogP contribution >= 0.6 is 11.8 Å². The van der Waals surface area contributed by atoms with Crippen molar-refractivity contribution in [3.63, 3.8) is 0 Å². The smallest absolute Gasteiger partial charge is 0.234 e. The van der Waals surface area contributed by atoms with Crippen molar-refractivity contribution in [3.05, 3.63) is 65.7 Å². The lowest BCUT2D eigenvalue weighted by atomic mass is 10.1. The summed E-state index contributed by atoms with van der Waals surface area (Å²) in [5, 5.41) is 5.53. The summed E-state index contributed by atoms with van der Waals surface area (Å²) in [5.41, 5.74) is 2.97. The highest BCUT2D eigenvalue weighted by Gasteiger charge is 2.17. The molecule has 0 saturated heterocycles. The molecule has 0 fully saturated rings. The lowest BCUT2D eigenvalue weighted by Crippen LogP contribution is -2.33. The Kier molecular flexibility index (Phi) is 7.07. The van der Waals surface area contributed by atoms with Gasteiger partial charge in [0, 0.05) is 5.69 Å². The molecule has 5 heteroatoms. The molecular formula is C20H24N2O2S. The first kappa shape index (κ1) is 19.1. The third kappa shape index (κ3) is 6.27. The zero-order chi connectivity index (χ0) is 18.2. The average molecular weight is 356 g/mol. The highest BCUT2D eigenvalue weighted by Crippen LogP contribution is 2.16. The summed E-state index contributed by atoms with van der Waals surface area (Å²) < 4.78 is 0. The van der Waals surface area contributed by atoms with Crippen LogP contribution in [0.25, 0.3) is 0 Å². The quantitative estimate of drug-likeness (QED) is 0.790. The van der Waals surface area contributed by atoms with Crippen LogP contribution < -0.4 is 10.6 Å². The van der Waals surface area contributed by atoms with Crippen molar-refractivity contribution < 1.29 is 9.59 Å². The van der Waals surface area contributed by atoms with Crippen LogP contribution in [0, 0.1) is 6.92 Å². The standard InChI is InChI=1S/C20H24N2O2S/c1-14-9-11-18(12-10-14)22-19(23)13-25-16(3)20(24)21-15(2)17-7-5-4-6-8-17/h4-12,15-16H,13H2,1-3H3,(H,21,24)(H,22,23). The second kappa shape index (κ2) is 9.28. The molecule has 0 spiro atoms. The summed E-state index contributed by atoms with van der Waals surface area (Å²) in [6.07, 6.45) is 0. The molecule has 4 nitrogen and oxygen atoms in total. The first-order chi connectivity index (χ1) is 12.0. The van der Waals surface area contributed by atoms with Gasteiger partial charge in [-0.3, -0.25) is 9.59 Å². The molecule has 0 bridgehead atoms. The third-order valence-corrected chi connectivity index (χ3v) is 4.97. The Morgan fingerprint density at radius 2 is 1.64 bits per heavy atom. The predicted octanol–water partition coefficient (Wildman–Crippen LogP) is 3.93. The molecule has 0 heterocycles. The van der Waals surface area contributed by atoms with E-state index in [9.17, 15) is 9.59 Å². The van der Waals surface area contributed by atoms with Crippen molar-refractivity contribution in [1.29, 1.82) is 0 Å². The van der Waals surface area contributed by atoms with Gasteiger partial charge in [-0.2, -0.15) is 0 Å². The highest BCUT2D eigenvalue weighted by atomic mass is 32.2. The number of carbonyl (C=O) groups excluding carboxylic acids is 2. The molecule has 2 amide bonds. The van der Waals surface area contributed by atoms with E-state index in [2.05, 4.69) is 10.6 Å². The largest absolute Gasteiger partial charge is 0.349 e. The van der Waals surface area contributed by atoms with E-state index >= 15 is 0 Å². The minimum atomic E-state index is -0.296. The van der Waals surface area contributed by atoms with Crippen LogP contribution in [0.5, 0.6) is 0 Å².